The fraction of sp³-hybridized carbons (Fsp3) is 0.267. The van der Waals surface area contributed by atoms with Crippen LogP contribution in [0.2, 0.25) is 0 Å². The molecule has 1 unspecified atom stereocenters. The zero-order chi connectivity index (χ0) is 13.0. The lowest BCUT2D eigenvalue weighted by molar-refractivity contribution is 0.0863. The standard InChI is InChI=1S/C15H17NOS/c1-12(15(17)13-7-4-3-5-8-13)16(2)11-14-9-6-10-18-14/h3-10,12H,11H2,1-2H3. The van der Waals surface area contributed by atoms with Crippen molar-refractivity contribution < 1.29 is 4.79 Å². The van der Waals surface area contributed by atoms with Crippen LogP contribution in [-0.4, -0.2) is 23.8 Å². The van der Waals surface area contributed by atoms with Gasteiger partial charge in [0.1, 0.15) is 0 Å². The van der Waals surface area contributed by atoms with Crippen LogP contribution < -0.4 is 0 Å². The SMILES string of the molecule is CC(C(=O)c1ccccc1)N(C)Cc1cccs1. The van der Waals surface area contributed by atoms with E-state index in [1.165, 1.54) is 4.88 Å². The Morgan fingerprint density at radius 3 is 2.56 bits per heavy atom. The lowest BCUT2D eigenvalue weighted by atomic mass is 10.0. The minimum absolute atomic E-state index is 0.102. The molecule has 0 N–H and O–H groups in total. The van der Waals surface area contributed by atoms with E-state index in [0.717, 1.165) is 12.1 Å². The van der Waals surface area contributed by atoms with Crippen molar-refractivity contribution in [2.24, 2.45) is 0 Å². The maximum atomic E-state index is 12.3. The van der Waals surface area contributed by atoms with Gasteiger partial charge in [-0.1, -0.05) is 36.4 Å². The third-order valence-corrected chi connectivity index (χ3v) is 3.95. The highest BCUT2D eigenvalue weighted by Crippen LogP contribution is 2.14. The fourth-order valence-electron chi connectivity index (χ4n) is 1.83. The molecular weight excluding hydrogens is 242 g/mol. The predicted octanol–water partition coefficient (Wildman–Crippen LogP) is 3.45. The van der Waals surface area contributed by atoms with Gasteiger partial charge in [0.2, 0.25) is 0 Å². The first-order valence-electron chi connectivity index (χ1n) is 6.00. The maximum absolute atomic E-state index is 12.3. The van der Waals surface area contributed by atoms with Gasteiger partial charge >= 0.3 is 0 Å². The molecule has 2 aromatic rings. The van der Waals surface area contributed by atoms with Gasteiger partial charge in [-0.15, -0.1) is 11.3 Å². The zero-order valence-electron chi connectivity index (χ0n) is 10.7. The summed E-state index contributed by atoms with van der Waals surface area (Å²) in [6.07, 6.45) is 0. The molecule has 0 amide bonds. The van der Waals surface area contributed by atoms with Crippen LogP contribution in [0.5, 0.6) is 0 Å². The van der Waals surface area contributed by atoms with E-state index < -0.39 is 0 Å². The average molecular weight is 259 g/mol. The molecule has 3 heteroatoms. The van der Waals surface area contributed by atoms with E-state index in [-0.39, 0.29) is 11.8 Å². The Bertz CT molecular complexity index is 492. The molecule has 0 saturated carbocycles. The van der Waals surface area contributed by atoms with Gasteiger partial charge in [-0.3, -0.25) is 9.69 Å². The highest BCUT2D eigenvalue weighted by Gasteiger charge is 2.19. The Morgan fingerprint density at radius 2 is 1.94 bits per heavy atom. The second-order valence-electron chi connectivity index (χ2n) is 4.40. The van der Waals surface area contributed by atoms with Gasteiger partial charge in [0.05, 0.1) is 6.04 Å². The van der Waals surface area contributed by atoms with Crippen molar-refractivity contribution in [1.82, 2.24) is 4.90 Å². The first-order chi connectivity index (χ1) is 8.68. The molecule has 0 aliphatic rings. The Balaban J connectivity index is 2.02. The minimum Gasteiger partial charge on any atom is -0.292 e. The molecule has 1 atom stereocenters. The van der Waals surface area contributed by atoms with Crippen LogP contribution in [0.4, 0.5) is 0 Å². The van der Waals surface area contributed by atoms with Gasteiger partial charge in [-0.05, 0) is 25.4 Å². The molecule has 0 aliphatic carbocycles. The highest BCUT2D eigenvalue weighted by atomic mass is 32.1. The summed E-state index contributed by atoms with van der Waals surface area (Å²) in [6.45, 7) is 2.78. The van der Waals surface area contributed by atoms with Gasteiger partial charge in [-0.25, -0.2) is 0 Å². The summed E-state index contributed by atoms with van der Waals surface area (Å²) in [5, 5.41) is 2.06. The van der Waals surface area contributed by atoms with Crippen LogP contribution >= 0.6 is 11.3 Å². The smallest absolute Gasteiger partial charge is 0.179 e. The summed E-state index contributed by atoms with van der Waals surface area (Å²) < 4.78 is 0. The van der Waals surface area contributed by atoms with E-state index in [0.29, 0.717) is 0 Å². The van der Waals surface area contributed by atoms with Crippen molar-refractivity contribution in [1.29, 1.82) is 0 Å². The fourth-order valence-corrected chi connectivity index (χ4v) is 2.60. The average Bonchev–Trinajstić information content (AvgIpc) is 2.91. The molecular formula is C15H17NOS. The summed E-state index contributed by atoms with van der Waals surface area (Å²) in [4.78, 5) is 15.6. The van der Waals surface area contributed by atoms with E-state index in [9.17, 15) is 4.79 Å². The number of thiophene rings is 1. The predicted molar refractivity (Wildman–Crippen MR) is 76.0 cm³/mol. The third-order valence-electron chi connectivity index (χ3n) is 3.08. The normalized spacial score (nSPS) is 12.6. The summed E-state index contributed by atoms with van der Waals surface area (Å²) in [7, 11) is 1.99. The number of likely N-dealkylation sites (N-methyl/N-ethyl adjacent to an activating group) is 1. The Morgan fingerprint density at radius 1 is 1.22 bits per heavy atom. The zero-order valence-corrected chi connectivity index (χ0v) is 11.5. The number of nitrogens with zero attached hydrogens (tertiary/aromatic N) is 1. The molecule has 0 spiro atoms. The summed E-state index contributed by atoms with van der Waals surface area (Å²) in [6, 6.07) is 13.5. The molecule has 0 fully saturated rings. The number of rotatable bonds is 5. The number of carbonyl (C=O) groups excluding carboxylic acids is 1. The van der Waals surface area contributed by atoms with Crippen molar-refractivity contribution in [3.05, 3.63) is 58.3 Å². The van der Waals surface area contributed by atoms with E-state index in [4.69, 9.17) is 0 Å². The maximum Gasteiger partial charge on any atom is 0.179 e. The molecule has 2 rings (SSSR count). The number of hydrogen-bond donors (Lipinski definition) is 0. The Hall–Kier alpha value is -1.45. The molecule has 1 aromatic heterocycles. The van der Waals surface area contributed by atoms with Crippen molar-refractivity contribution in [3.63, 3.8) is 0 Å². The van der Waals surface area contributed by atoms with Crippen molar-refractivity contribution in [2.45, 2.75) is 19.5 Å². The Labute approximate surface area is 112 Å². The quantitative estimate of drug-likeness (QED) is 0.767. The summed E-state index contributed by atoms with van der Waals surface area (Å²) in [5.74, 6) is 0.176. The second kappa shape index (κ2) is 5.94. The minimum atomic E-state index is -0.102. The van der Waals surface area contributed by atoms with Crippen LogP contribution in [-0.2, 0) is 6.54 Å². The lowest BCUT2D eigenvalue weighted by Gasteiger charge is -2.22. The number of Topliss-reactive ketones (excluding diaryl/α,β-unsaturated/α-hetero) is 1. The number of hydrogen-bond acceptors (Lipinski definition) is 3. The van der Waals surface area contributed by atoms with Crippen molar-refractivity contribution >= 4 is 17.1 Å². The van der Waals surface area contributed by atoms with Crippen molar-refractivity contribution in [3.8, 4) is 0 Å². The molecule has 0 aliphatic heterocycles. The number of carbonyl (C=O) groups is 1. The lowest BCUT2D eigenvalue weighted by Crippen LogP contribution is -2.35. The monoisotopic (exact) mass is 259 g/mol. The van der Waals surface area contributed by atoms with E-state index in [1.807, 2.05) is 50.4 Å². The molecule has 94 valence electrons. The van der Waals surface area contributed by atoms with Crippen LogP contribution in [0.25, 0.3) is 0 Å². The van der Waals surface area contributed by atoms with Gasteiger partial charge in [0.15, 0.2) is 5.78 Å². The topological polar surface area (TPSA) is 20.3 Å². The highest BCUT2D eigenvalue weighted by molar-refractivity contribution is 7.09. The number of ketones is 1. The first kappa shape index (κ1) is 13.0. The Kier molecular flexibility index (Phi) is 4.28. The molecule has 18 heavy (non-hydrogen) atoms. The van der Waals surface area contributed by atoms with Crippen LogP contribution in [0, 0.1) is 0 Å². The summed E-state index contributed by atoms with van der Waals surface area (Å²) in [5.41, 5.74) is 0.781. The molecule has 1 heterocycles. The van der Waals surface area contributed by atoms with Gasteiger partial charge < -0.3 is 0 Å². The summed E-state index contributed by atoms with van der Waals surface area (Å²) >= 11 is 1.72. The number of benzene rings is 1. The molecule has 2 nitrogen and oxygen atoms in total. The van der Waals surface area contributed by atoms with Crippen LogP contribution in [0.1, 0.15) is 22.2 Å². The molecule has 1 aromatic carbocycles. The van der Waals surface area contributed by atoms with Crippen molar-refractivity contribution in [2.75, 3.05) is 7.05 Å². The van der Waals surface area contributed by atoms with Gasteiger partial charge in [0.25, 0.3) is 0 Å². The van der Waals surface area contributed by atoms with E-state index >= 15 is 0 Å². The molecule has 0 bridgehead atoms. The molecule has 0 radical (unpaired) electrons. The van der Waals surface area contributed by atoms with Crippen LogP contribution in [0.15, 0.2) is 47.8 Å². The van der Waals surface area contributed by atoms with E-state index in [1.54, 1.807) is 11.3 Å². The largest absolute Gasteiger partial charge is 0.292 e. The van der Waals surface area contributed by atoms with Crippen LogP contribution in [0.3, 0.4) is 0 Å². The molecule has 0 saturated heterocycles. The first-order valence-corrected chi connectivity index (χ1v) is 6.88. The van der Waals surface area contributed by atoms with Gasteiger partial charge in [-0.2, -0.15) is 0 Å². The van der Waals surface area contributed by atoms with Gasteiger partial charge in [0, 0.05) is 17.0 Å². The second-order valence-corrected chi connectivity index (χ2v) is 5.43. The third kappa shape index (κ3) is 3.06. The van der Waals surface area contributed by atoms with E-state index in [2.05, 4.69) is 16.3 Å².